The standard InChI is InChI=1S/C8H9NO2/c1-5-3-4-7(6(2)10)8(11)9-5/h3-4,7H,1-2H3. The van der Waals surface area contributed by atoms with Gasteiger partial charge in [-0.3, -0.25) is 9.59 Å². The second-order valence-electron chi connectivity index (χ2n) is 2.54. The summed E-state index contributed by atoms with van der Waals surface area (Å²) in [6, 6.07) is 0. The summed E-state index contributed by atoms with van der Waals surface area (Å²) in [5, 5.41) is 0. The molecule has 0 fully saturated rings. The summed E-state index contributed by atoms with van der Waals surface area (Å²) in [6.07, 6.45) is 3.28. The summed E-state index contributed by atoms with van der Waals surface area (Å²) >= 11 is 0. The van der Waals surface area contributed by atoms with E-state index in [1.807, 2.05) is 0 Å². The Morgan fingerprint density at radius 1 is 1.64 bits per heavy atom. The summed E-state index contributed by atoms with van der Waals surface area (Å²) in [6.45, 7) is 3.12. The van der Waals surface area contributed by atoms with Crippen molar-refractivity contribution in [1.29, 1.82) is 0 Å². The second-order valence-corrected chi connectivity index (χ2v) is 2.54. The minimum Gasteiger partial charge on any atom is -0.299 e. The molecule has 0 saturated heterocycles. The zero-order valence-corrected chi connectivity index (χ0v) is 6.50. The molecule has 0 bridgehead atoms. The number of amides is 1. The van der Waals surface area contributed by atoms with Gasteiger partial charge in [0.1, 0.15) is 11.7 Å². The molecule has 58 valence electrons. The van der Waals surface area contributed by atoms with Crippen LogP contribution in [0.15, 0.2) is 17.1 Å². The molecule has 1 unspecified atom stereocenters. The van der Waals surface area contributed by atoms with Crippen LogP contribution in [0.4, 0.5) is 0 Å². The highest BCUT2D eigenvalue weighted by Gasteiger charge is 2.21. The lowest BCUT2D eigenvalue weighted by molar-refractivity contribution is -0.128. The molecule has 0 radical (unpaired) electrons. The number of rotatable bonds is 1. The lowest BCUT2D eigenvalue weighted by atomic mass is 10.0. The van der Waals surface area contributed by atoms with Crippen LogP contribution in [0.1, 0.15) is 13.8 Å². The summed E-state index contributed by atoms with van der Waals surface area (Å²) < 4.78 is 0. The number of hydrogen-bond acceptors (Lipinski definition) is 2. The molecule has 1 aliphatic heterocycles. The van der Waals surface area contributed by atoms with Crippen LogP contribution in [-0.4, -0.2) is 17.4 Å². The predicted octanol–water partition coefficient (Wildman–Crippen LogP) is 0.749. The van der Waals surface area contributed by atoms with Gasteiger partial charge in [0.25, 0.3) is 5.91 Å². The van der Waals surface area contributed by atoms with Crippen molar-refractivity contribution < 1.29 is 9.59 Å². The summed E-state index contributed by atoms with van der Waals surface area (Å²) in [5.74, 6) is -1.14. The molecule has 1 amide bonds. The van der Waals surface area contributed by atoms with Gasteiger partial charge >= 0.3 is 0 Å². The molecule has 3 heteroatoms. The highest BCUT2D eigenvalue weighted by molar-refractivity contribution is 6.12. The third kappa shape index (κ3) is 1.61. The number of Topliss-reactive ketones (excluding diaryl/α,β-unsaturated/α-hetero) is 1. The molecule has 0 aliphatic carbocycles. The topological polar surface area (TPSA) is 46.5 Å². The molecule has 0 aromatic carbocycles. The van der Waals surface area contributed by atoms with E-state index in [1.165, 1.54) is 6.92 Å². The molecule has 1 heterocycles. The Hall–Kier alpha value is -1.25. The Balaban J connectivity index is 2.86. The number of carbonyl (C=O) groups excluding carboxylic acids is 2. The largest absolute Gasteiger partial charge is 0.299 e. The van der Waals surface area contributed by atoms with E-state index in [0.29, 0.717) is 5.71 Å². The quantitative estimate of drug-likeness (QED) is 0.519. The van der Waals surface area contributed by atoms with E-state index >= 15 is 0 Å². The van der Waals surface area contributed by atoms with Crippen LogP contribution in [-0.2, 0) is 9.59 Å². The number of carbonyl (C=O) groups is 2. The van der Waals surface area contributed by atoms with Crippen molar-refractivity contribution in [2.45, 2.75) is 13.8 Å². The molecular formula is C8H9NO2. The summed E-state index contributed by atoms with van der Waals surface area (Å²) in [4.78, 5) is 25.4. The van der Waals surface area contributed by atoms with Crippen molar-refractivity contribution in [3.8, 4) is 0 Å². The molecule has 0 aromatic heterocycles. The number of aliphatic imine (C=N–C) groups is 1. The van der Waals surface area contributed by atoms with E-state index in [9.17, 15) is 9.59 Å². The molecular weight excluding hydrogens is 142 g/mol. The maximum atomic E-state index is 11.0. The average Bonchev–Trinajstić information content (AvgIpc) is 1.85. The zero-order valence-electron chi connectivity index (χ0n) is 6.50. The van der Waals surface area contributed by atoms with Gasteiger partial charge in [0, 0.05) is 5.71 Å². The van der Waals surface area contributed by atoms with Gasteiger partial charge in [-0.05, 0) is 19.9 Å². The van der Waals surface area contributed by atoms with Crippen molar-refractivity contribution in [2.24, 2.45) is 10.9 Å². The third-order valence-corrected chi connectivity index (χ3v) is 1.52. The van der Waals surface area contributed by atoms with Crippen molar-refractivity contribution in [3.05, 3.63) is 12.2 Å². The van der Waals surface area contributed by atoms with E-state index < -0.39 is 5.92 Å². The Labute approximate surface area is 64.8 Å². The number of allylic oxidation sites excluding steroid dienone is 1. The van der Waals surface area contributed by atoms with E-state index in [-0.39, 0.29) is 11.7 Å². The minimum absolute atomic E-state index is 0.150. The Kier molecular flexibility index (Phi) is 1.98. The predicted molar refractivity (Wildman–Crippen MR) is 41.4 cm³/mol. The monoisotopic (exact) mass is 151 g/mol. The highest BCUT2D eigenvalue weighted by Crippen LogP contribution is 2.08. The van der Waals surface area contributed by atoms with E-state index in [1.54, 1.807) is 19.1 Å². The van der Waals surface area contributed by atoms with Crippen LogP contribution in [0.2, 0.25) is 0 Å². The Morgan fingerprint density at radius 2 is 2.27 bits per heavy atom. The van der Waals surface area contributed by atoms with Gasteiger partial charge in [0.15, 0.2) is 0 Å². The normalized spacial score (nSPS) is 23.3. The van der Waals surface area contributed by atoms with Gasteiger partial charge in [0.2, 0.25) is 0 Å². The first-order valence-corrected chi connectivity index (χ1v) is 3.39. The minimum atomic E-state index is -0.640. The fourth-order valence-electron chi connectivity index (χ4n) is 0.908. The van der Waals surface area contributed by atoms with E-state index in [0.717, 1.165) is 0 Å². The molecule has 1 rings (SSSR count). The molecule has 1 aliphatic rings. The number of nitrogens with zero attached hydrogens (tertiary/aromatic N) is 1. The van der Waals surface area contributed by atoms with Gasteiger partial charge in [-0.15, -0.1) is 0 Å². The first-order valence-electron chi connectivity index (χ1n) is 3.39. The molecule has 1 atom stereocenters. The van der Waals surface area contributed by atoms with Gasteiger partial charge in [-0.2, -0.15) is 0 Å². The molecule has 0 aromatic rings. The fourth-order valence-corrected chi connectivity index (χ4v) is 0.908. The van der Waals surface area contributed by atoms with Gasteiger partial charge in [-0.1, -0.05) is 6.08 Å². The number of hydrogen-bond donors (Lipinski definition) is 0. The molecule has 11 heavy (non-hydrogen) atoms. The first-order chi connectivity index (χ1) is 5.11. The fraction of sp³-hybridized carbons (Fsp3) is 0.375. The van der Waals surface area contributed by atoms with Crippen LogP contribution in [0.5, 0.6) is 0 Å². The SMILES string of the molecule is CC(=O)C1C=CC(C)=NC1=O. The average molecular weight is 151 g/mol. The van der Waals surface area contributed by atoms with Crippen molar-refractivity contribution >= 4 is 17.4 Å². The van der Waals surface area contributed by atoms with Crippen LogP contribution in [0, 0.1) is 5.92 Å². The molecule has 0 N–H and O–H groups in total. The third-order valence-electron chi connectivity index (χ3n) is 1.52. The van der Waals surface area contributed by atoms with Crippen molar-refractivity contribution in [2.75, 3.05) is 0 Å². The van der Waals surface area contributed by atoms with Crippen LogP contribution >= 0.6 is 0 Å². The Morgan fingerprint density at radius 3 is 2.73 bits per heavy atom. The number of dihydropyridines is 1. The Bertz CT molecular complexity index is 263. The van der Waals surface area contributed by atoms with Gasteiger partial charge in [-0.25, -0.2) is 4.99 Å². The van der Waals surface area contributed by atoms with E-state index in [2.05, 4.69) is 4.99 Å². The zero-order chi connectivity index (χ0) is 8.43. The second kappa shape index (κ2) is 2.78. The summed E-state index contributed by atoms with van der Waals surface area (Å²) in [5.41, 5.74) is 0.660. The molecule has 0 spiro atoms. The number of ketones is 1. The van der Waals surface area contributed by atoms with Crippen LogP contribution < -0.4 is 0 Å². The molecule has 0 saturated carbocycles. The smallest absolute Gasteiger partial charge is 0.260 e. The maximum absolute atomic E-state index is 11.0. The first kappa shape index (κ1) is 7.85. The van der Waals surface area contributed by atoms with E-state index in [4.69, 9.17) is 0 Å². The lowest BCUT2D eigenvalue weighted by Gasteiger charge is -2.07. The van der Waals surface area contributed by atoms with Crippen LogP contribution in [0.25, 0.3) is 0 Å². The van der Waals surface area contributed by atoms with Gasteiger partial charge in [0.05, 0.1) is 0 Å². The maximum Gasteiger partial charge on any atom is 0.260 e. The summed E-state index contributed by atoms with van der Waals surface area (Å²) in [7, 11) is 0. The van der Waals surface area contributed by atoms with Crippen LogP contribution in [0.3, 0.4) is 0 Å². The highest BCUT2D eigenvalue weighted by atomic mass is 16.2. The van der Waals surface area contributed by atoms with Crippen molar-refractivity contribution in [3.63, 3.8) is 0 Å². The van der Waals surface area contributed by atoms with Gasteiger partial charge < -0.3 is 0 Å². The lowest BCUT2D eigenvalue weighted by Crippen LogP contribution is -2.21. The molecule has 3 nitrogen and oxygen atoms in total. The van der Waals surface area contributed by atoms with Crippen molar-refractivity contribution in [1.82, 2.24) is 0 Å².